The standard InChI is InChI=1S/C16H26N2O/c1-14(2)19-12-8-16-5-3-4-11-18(16)13-15-6-9-17-10-7-15/h6-7,9-10,14,16H,3-5,8,11-13H2,1-2H3/t16-/m0/s1. The van der Waals surface area contributed by atoms with Crippen LogP contribution in [0.4, 0.5) is 0 Å². The Bertz CT molecular complexity index is 353. The Labute approximate surface area is 117 Å². The lowest BCUT2D eigenvalue weighted by atomic mass is 9.99. The lowest BCUT2D eigenvalue weighted by molar-refractivity contribution is 0.0457. The van der Waals surface area contributed by atoms with E-state index in [0.29, 0.717) is 12.1 Å². The van der Waals surface area contributed by atoms with Gasteiger partial charge in [0.05, 0.1) is 6.10 Å². The van der Waals surface area contributed by atoms with Crippen molar-refractivity contribution in [2.75, 3.05) is 13.2 Å². The third-order valence-electron chi connectivity index (χ3n) is 3.79. The van der Waals surface area contributed by atoms with Gasteiger partial charge in [-0.25, -0.2) is 0 Å². The van der Waals surface area contributed by atoms with Gasteiger partial charge in [0.1, 0.15) is 0 Å². The molecule has 0 bridgehead atoms. The van der Waals surface area contributed by atoms with E-state index in [2.05, 4.69) is 35.9 Å². The molecule has 1 atom stereocenters. The Kier molecular flexibility index (Phi) is 5.80. The zero-order valence-corrected chi connectivity index (χ0v) is 12.2. The Morgan fingerprint density at radius 2 is 2.11 bits per heavy atom. The summed E-state index contributed by atoms with van der Waals surface area (Å²) in [5.74, 6) is 0. The second-order valence-electron chi connectivity index (χ2n) is 5.68. The van der Waals surface area contributed by atoms with Gasteiger partial charge in [-0.15, -0.1) is 0 Å². The van der Waals surface area contributed by atoms with Crippen molar-refractivity contribution in [3.63, 3.8) is 0 Å². The molecule has 1 saturated heterocycles. The maximum absolute atomic E-state index is 5.71. The average Bonchev–Trinajstić information content (AvgIpc) is 2.41. The third-order valence-corrected chi connectivity index (χ3v) is 3.79. The number of pyridine rings is 1. The minimum absolute atomic E-state index is 0.345. The zero-order chi connectivity index (χ0) is 13.5. The second-order valence-corrected chi connectivity index (χ2v) is 5.68. The van der Waals surface area contributed by atoms with E-state index in [0.717, 1.165) is 19.6 Å². The molecule has 1 fully saturated rings. The van der Waals surface area contributed by atoms with Gasteiger partial charge in [0, 0.05) is 31.6 Å². The summed E-state index contributed by atoms with van der Waals surface area (Å²) in [6, 6.07) is 4.92. The molecule has 3 nitrogen and oxygen atoms in total. The summed E-state index contributed by atoms with van der Waals surface area (Å²) in [4.78, 5) is 6.70. The van der Waals surface area contributed by atoms with E-state index in [4.69, 9.17) is 4.74 Å². The Balaban J connectivity index is 1.85. The monoisotopic (exact) mass is 262 g/mol. The summed E-state index contributed by atoms with van der Waals surface area (Å²) < 4.78 is 5.71. The van der Waals surface area contributed by atoms with Crippen LogP contribution in [0.25, 0.3) is 0 Å². The highest BCUT2D eigenvalue weighted by Gasteiger charge is 2.22. The molecule has 2 heterocycles. The van der Waals surface area contributed by atoms with E-state index in [1.807, 2.05) is 12.4 Å². The van der Waals surface area contributed by atoms with Gasteiger partial charge in [-0.1, -0.05) is 6.42 Å². The largest absolute Gasteiger partial charge is 0.379 e. The lowest BCUT2D eigenvalue weighted by Gasteiger charge is -2.36. The molecule has 0 amide bonds. The van der Waals surface area contributed by atoms with Gasteiger partial charge in [-0.05, 0) is 57.4 Å². The first-order valence-corrected chi connectivity index (χ1v) is 7.50. The zero-order valence-electron chi connectivity index (χ0n) is 12.2. The molecule has 1 aromatic rings. The van der Waals surface area contributed by atoms with Crippen molar-refractivity contribution in [1.29, 1.82) is 0 Å². The Morgan fingerprint density at radius 3 is 2.84 bits per heavy atom. The number of piperidine rings is 1. The fourth-order valence-corrected chi connectivity index (χ4v) is 2.76. The van der Waals surface area contributed by atoms with Gasteiger partial charge in [0.15, 0.2) is 0 Å². The fourth-order valence-electron chi connectivity index (χ4n) is 2.76. The molecule has 3 heteroatoms. The van der Waals surface area contributed by atoms with Gasteiger partial charge in [0.25, 0.3) is 0 Å². The summed E-state index contributed by atoms with van der Waals surface area (Å²) in [6.45, 7) is 7.37. The Morgan fingerprint density at radius 1 is 1.32 bits per heavy atom. The summed E-state index contributed by atoms with van der Waals surface area (Å²) in [6.07, 6.45) is 9.27. The van der Waals surface area contributed by atoms with Crippen molar-refractivity contribution in [2.45, 2.75) is 58.2 Å². The van der Waals surface area contributed by atoms with E-state index in [9.17, 15) is 0 Å². The number of likely N-dealkylation sites (tertiary alicyclic amines) is 1. The van der Waals surface area contributed by atoms with Crippen LogP contribution >= 0.6 is 0 Å². The van der Waals surface area contributed by atoms with Crippen LogP contribution in [0.15, 0.2) is 24.5 Å². The topological polar surface area (TPSA) is 25.4 Å². The maximum atomic E-state index is 5.71. The van der Waals surface area contributed by atoms with Crippen molar-refractivity contribution in [3.05, 3.63) is 30.1 Å². The number of hydrogen-bond donors (Lipinski definition) is 0. The highest BCUT2D eigenvalue weighted by molar-refractivity contribution is 5.09. The molecule has 0 unspecified atom stereocenters. The molecule has 106 valence electrons. The Hall–Kier alpha value is -0.930. The molecule has 0 radical (unpaired) electrons. The number of ether oxygens (including phenoxy) is 1. The summed E-state index contributed by atoms with van der Waals surface area (Å²) in [5.41, 5.74) is 1.37. The van der Waals surface area contributed by atoms with Crippen LogP contribution in [-0.2, 0) is 11.3 Å². The predicted octanol–water partition coefficient (Wildman–Crippen LogP) is 3.25. The number of rotatable bonds is 6. The lowest BCUT2D eigenvalue weighted by Crippen LogP contribution is -2.39. The van der Waals surface area contributed by atoms with Crippen molar-refractivity contribution in [2.24, 2.45) is 0 Å². The normalized spacial score (nSPS) is 20.9. The highest BCUT2D eigenvalue weighted by atomic mass is 16.5. The molecule has 0 aromatic carbocycles. The van der Waals surface area contributed by atoms with Crippen molar-refractivity contribution < 1.29 is 4.74 Å². The van der Waals surface area contributed by atoms with Crippen LogP contribution < -0.4 is 0 Å². The molecule has 0 aliphatic carbocycles. The molecule has 0 N–H and O–H groups in total. The third kappa shape index (κ3) is 4.92. The first-order chi connectivity index (χ1) is 9.25. The van der Waals surface area contributed by atoms with E-state index in [1.54, 1.807) is 0 Å². The highest BCUT2D eigenvalue weighted by Crippen LogP contribution is 2.22. The molecule has 2 rings (SSSR count). The van der Waals surface area contributed by atoms with Crippen LogP contribution in [0.3, 0.4) is 0 Å². The van der Waals surface area contributed by atoms with E-state index >= 15 is 0 Å². The number of nitrogens with zero attached hydrogens (tertiary/aromatic N) is 2. The van der Waals surface area contributed by atoms with Gasteiger partial charge in [0.2, 0.25) is 0 Å². The van der Waals surface area contributed by atoms with Crippen molar-refractivity contribution in [3.8, 4) is 0 Å². The average molecular weight is 262 g/mol. The molecule has 1 aromatic heterocycles. The molecule has 1 aliphatic heterocycles. The molecule has 19 heavy (non-hydrogen) atoms. The summed E-state index contributed by atoms with van der Waals surface area (Å²) >= 11 is 0. The fraction of sp³-hybridized carbons (Fsp3) is 0.688. The smallest absolute Gasteiger partial charge is 0.0518 e. The quantitative estimate of drug-likeness (QED) is 0.787. The van der Waals surface area contributed by atoms with Crippen LogP contribution in [0.2, 0.25) is 0 Å². The molecular weight excluding hydrogens is 236 g/mol. The summed E-state index contributed by atoms with van der Waals surface area (Å²) in [7, 11) is 0. The second kappa shape index (κ2) is 7.61. The first-order valence-electron chi connectivity index (χ1n) is 7.50. The maximum Gasteiger partial charge on any atom is 0.0518 e. The van der Waals surface area contributed by atoms with E-state index in [1.165, 1.54) is 31.4 Å². The van der Waals surface area contributed by atoms with Gasteiger partial charge >= 0.3 is 0 Å². The number of aromatic nitrogens is 1. The minimum Gasteiger partial charge on any atom is -0.379 e. The molecule has 0 spiro atoms. The van der Waals surface area contributed by atoms with Crippen molar-refractivity contribution in [1.82, 2.24) is 9.88 Å². The predicted molar refractivity (Wildman–Crippen MR) is 78.0 cm³/mol. The van der Waals surface area contributed by atoms with E-state index in [-0.39, 0.29) is 0 Å². The van der Waals surface area contributed by atoms with E-state index < -0.39 is 0 Å². The van der Waals surface area contributed by atoms with Crippen molar-refractivity contribution >= 4 is 0 Å². The van der Waals surface area contributed by atoms with Gasteiger partial charge in [-0.3, -0.25) is 9.88 Å². The number of hydrogen-bond acceptors (Lipinski definition) is 3. The van der Waals surface area contributed by atoms with Gasteiger partial charge < -0.3 is 4.74 Å². The van der Waals surface area contributed by atoms with Crippen LogP contribution in [0.1, 0.15) is 45.1 Å². The molecule has 0 saturated carbocycles. The van der Waals surface area contributed by atoms with Crippen LogP contribution in [0, 0.1) is 0 Å². The van der Waals surface area contributed by atoms with Crippen LogP contribution in [-0.4, -0.2) is 35.2 Å². The van der Waals surface area contributed by atoms with Gasteiger partial charge in [-0.2, -0.15) is 0 Å². The minimum atomic E-state index is 0.345. The molecule has 1 aliphatic rings. The first kappa shape index (κ1) is 14.5. The summed E-state index contributed by atoms with van der Waals surface area (Å²) in [5, 5.41) is 0. The SMILES string of the molecule is CC(C)OCC[C@@H]1CCCCN1Cc1ccncc1. The van der Waals surface area contributed by atoms with Crippen LogP contribution in [0.5, 0.6) is 0 Å². The molecular formula is C16H26N2O.